The Labute approximate surface area is 153 Å². The number of aryl methyl sites for hydroxylation is 1. The molecule has 1 aromatic heterocycles. The molecule has 0 radical (unpaired) electrons. The highest BCUT2D eigenvalue weighted by atomic mass is 16.5. The van der Waals surface area contributed by atoms with Crippen molar-refractivity contribution >= 4 is 22.6 Å². The summed E-state index contributed by atoms with van der Waals surface area (Å²) in [5.41, 5.74) is 5.39. The number of aromatic nitrogens is 2. The van der Waals surface area contributed by atoms with Gasteiger partial charge >= 0.3 is 0 Å². The highest BCUT2D eigenvalue weighted by Gasteiger charge is 2.29. The Morgan fingerprint density at radius 2 is 1.78 bits per heavy atom. The predicted molar refractivity (Wildman–Crippen MR) is 97.2 cm³/mol. The molecule has 27 heavy (non-hydrogen) atoms. The molecule has 2 amide bonds. The van der Waals surface area contributed by atoms with E-state index in [4.69, 9.17) is 4.74 Å². The molecular formula is C19H16N4O4. The normalized spacial score (nSPS) is 15.1. The molecule has 2 aromatic carbocycles. The number of carbonyl (C=O) groups is 2. The lowest BCUT2D eigenvalue weighted by Gasteiger charge is -2.13. The summed E-state index contributed by atoms with van der Waals surface area (Å²) in [5, 5.41) is 4.81. The second-order valence-corrected chi connectivity index (χ2v) is 6.18. The first-order chi connectivity index (χ1) is 13.0. The van der Waals surface area contributed by atoms with Gasteiger partial charge in [-0.1, -0.05) is 36.4 Å². The molecule has 0 bridgehead atoms. The number of hydrogen-bond donors (Lipinski definition) is 2. The molecule has 0 spiro atoms. The summed E-state index contributed by atoms with van der Waals surface area (Å²) >= 11 is 0. The zero-order valence-corrected chi connectivity index (χ0v) is 14.4. The van der Waals surface area contributed by atoms with Crippen LogP contribution in [0.2, 0.25) is 0 Å². The number of fused-ring (bicyclic) bond motifs is 2. The van der Waals surface area contributed by atoms with Crippen molar-refractivity contribution < 1.29 is 14.3 Å². The third-order valence-corrected chi connectivity index (χ3v) is 4.41. The van der Waals surface area contributed by atoms with E-state index in [0.29, 0.717) is 22.9 Å². The summed E-state index contributed by atoms with van der Waals surface area (Å²) in [7, 11) is 1.47. The molecule has 3 aromatic rings. The lowest BCUT2D eigenvalue weighted by molar-refractivity contribution is -0.128. The average molecular weight is 364 g/mol. The van der Waals surface area contributed by atoms with E-state index in [1.54, 1.807) is 30.3 Å². The van der Waals surface area contributed by atoms with Crippen molar-refractivity contribution in [1.29, 1.82) is 0 Å². The molecule has 0 saturated heterocycles. The van der Waals surface area contributed by atoms with Crippen molar-refractivity contribution in [3.63, 3.8) is 0 Å². The summed E-state index contributed by atoms with van der Waals surface area (Å²) in [4.78, 5) is 37.0. The van der Waals surface area contributed by atoms with Crippen LogP contribution in [0, 0.1) is 0 Å². The largest absolute Gasteiger partial charge is 0.480 e. The van der Waals surface area contributed by atoms with Crippen LogP contribution >= 0.6 is 0 Å². The van der Waals surface area contributed by atoms with Crippen molar-refractivity contribution in [2.24, 2.45) is 7.05 Å². The van der Waals surface area contributed by atoms with Crippen LogP contribution in [0.3, 0.4) is 0 Å². The Bertz CT molecular complexity index is 1100. The minimum atomic E-state index is -0.715. The Kier molecular flexibility index (Phi) is 4.08. The molecule has 0 fully saturated rings. The maximum absolute atomic E-state index is 12.5. The quantitative estimate of drug-likeness (QED) is 0.652. The molecule has 0 aliphatic carbocycles. The minimum absolute atomic E-state index is 0.0450. The lowest BCUT2D eigenvalue weighted by atomic mass is 10.1. The van der Waals surface area contributed by atoms with E-state index in [2.05, 4.69) is 16.0 Å². The number of benzene rings is 2. The van der Waals surface area contributed by atoms with Crippen LogP contribution in [0.1, 0.15) is 16.1 Å². The van der Waals surface area contributed by atoms with Crippen LogP contribution in [0.15, 0.2) is 53.3 Å². The van der Waals surface area contributed by atoms with E-state index in [0.717, 1.165) is 10.2 Å². The van der Waals surface area contributed by atoms with Crippen LogP contribution in [0.5, 0.6) is 5.75 Å². The van der Waals surface area contributed by atoms with Crippen molar-refractivity contribution in [2.75, 3.05) is 0 Å². The first kappa shape index (κ1) is 16.8. The molecule has 4 rings (SSSR count). The molecule has 1 atom stereocenters. The topological polar surface area (TPSA) is 102 Å². The standard InChI is InChI=1S/C19H16N4O4/c1-23-19(26)13-8-4-3-7-12(13)16(22-23)18(25)21-20-17(24)15-10-11-6-2-5-9-14(11)27-15/h2-9,15H,10H2,1H3,(H,20,24)(H,21,25). The van der Waals surface area contributed by atoms with Gasteiger partial charge < -0.3 is 4.74 Å². The maximum atomic E-state index is 12.5. The fraction of sp³-hybridized carbons (Fsp3) is 0.158. The molecule has 8 nitrogen and oxygen atoms in total. The molecule has 0 saturated carbocycles. The molecule has 2 N–H and O–H groups in total. The second-order valence-electron chi connectivity index (χ2n) is 6.18. The number of para-hydroxylation sites is 1. The van der Waals surface area contributed by atoms with E-state index in [-0.39, 0.29) is 11.3 Å². The van der Waals surface area contributed by atoms with Crippen LogP contribution in [0.25, 0.3) is 10.8 Å². The Morgan fingerprint density at radius 3 is 2.56 bits per heavy atom. The molecular weight excluding hydrogens is 348 g/mol. The summed E-state index contributed by atoms with van der Waals surface area (Å²) in [5.74, 6) is -0.422. The summed E-state index contributed by atoms with van der Waals surface area (Å²) in [6.45, 7) is 0. The number of nitrogens with one attached hydrogen (secondary N) is 2. The zero-order chi connectivity index (χ0) is 19.0. The van der Waals surface area contributed by atoms with Crippen molar-refractivity contribution in [3.8, 4) is 5.75 Å². The van der Waals surface area contributed by atoms with Gasteiger partial charge in [-0.3, -0.25) is 25.2 Å². The van der Waals surface area contributed by atoms with Crippen LogP contribution in [-0.4, -0.2) is 27.7 Å². The van der Waals surface area contributed by atoms with Gasteiger partial charge in [-0.15, -0.1) is 0 Å². The first-order valence-corrected chi connectivity index (χ1v) is 8.35. The SMILES string of the molecule is Cn1nc(C(=O)NNC(=O)C2Cc3ccccc3O2)c2ccccc2c1=O. The van der Waals surface area contributed by atoms with Crippen molar-refractivity contribution in [2.45, 2.75) is 12.5 Å². The third kappa shape index (κ3) is 3.01. The lowest BCUT2D eigenvalue weighted by Crippen LogP contribution is -2.48. The summed E-state index contributed by atoms with van der Waals surface area (Å²) in [6, 6.07) is 14.1. The predicted octanol–water partition coefficient (Wildman–Crippen LogP) is 0.698. The van der Waals surface area contributed by atoms with Gasteiger partial charge in [-0.2, -0.15) is 5.10 Å². The smallest absolute Gasteiger partial charge is 0.290 e. The number of ether oxygens (including phenoxy) is 1. The Morgan fingerprint density at radius 1 is 1.07 bits per heavy atom. The fourth-order valence-electron chi connectivity index (χ4n) is 3.05. The number of amides is 2. The van der Waals surface area contributed by atoms with Crippen molar-refractivity contribution in [3.05, 3.63) is 70.1 Å². The van der Waals surface area contributed by atoms with E-state index in [9.17, 15) is 14.4 Å². The Hall–Kier alpha value is -3.68. The van der Waals surface area contributed by atoms with Crippen LogP contribution in [-0.2, 0) is 18.3 Å². The van der Waals surface area contributed by atoms with Crippen molar-refractivity contribution in [1.82, 2.24) is 20.6 Å². The van der Waals surface area contributed by atoms with E-state index >= 15 is 0 Å². The van der Waals surface area contributed by atoms with E-state index in [1.807, 2.05) is 18.2 Å². The number of rotatable bonds is 2. The minimum Gasteiger partial charge on any atom is -0.480 e. The number of nitrogens with zero attached hydrogens (tertiary/aromatic N) is 2. The number of hydrogen-bond acceptors (Lipinski definition) is 5. The number of hydrazine groups is 1. The molecule has 1 aliphatic heterocycles. The first-order valence-electron chi connectivity index (χ1n) is 8.35. The summed E-state index contributed by atoms with van der Waals surface area (Å²) < 4.78 is 6.68. The van der Waals surface area contributed by atoms with Gasteiger partial charge in [0, 0.05) is 18.9 Å². The van der Waals surface area contributed by atoms with Crippen LogP contribution in [0.4, 0.5) is 0 Å². The molecule has 1 aliphatic rings. The van der Waals surface area contributed by atoms with Gasteiger partial charge in [0.25, 0.3) is 17.4 Å². The molecule has 8 heteroatoms. The second kappa shape index (κ2) is 6.56. The van der Waals surface area contributed by atoms with E-state index < -0.39 is 17.9 Å². The monoisotopic (exact) mass is 364 g/mol. The van der Waals surface area contributed by atoms with Gasteiger partial charge in [0.2, 0.25) is 0 Å². The number of carbonyl (C=O) groups excluding carboxylic acids is 2. The maximum Gasteiger partial charge on any atom is 0.290 e. The third-order valence-electron chi connectivity index (χ3n) is 4.41. The van der Waals surface area contributed by atoms with Gasteiger partial charge in [-0.05, 0) is 17.7 Å². The average Bonchev–Trinajstić information content (AvgIpc) is 3.13. The van der Waals surface area contributed by atoms with Crippen LogP contribution < -0.4 is 21.1 Å². The molecule has 2 heterocycles. The van der Waals surface area contributed by atoms with E-state index in [1.165, 1.54) is 7.05 Å². The van der Waals surface area contributed by atoms with Gasteiger partial charge in [0.1, 0.15) is 5.75 Å². The van der Waals surface area contributed by atoms with Gasteiger partial charge in [0.05, 0.1) is 5.39 Å². The molecule has 1 unspecified atom stereocenters. The highest BCUT2D eigenvalue weighted by Crippen LogP contribution is 2.28. The van der Waals surface area contributed by atoms with Gasteiger partial charge in [0.15, 0.2) is 11.8 Å². The Balaban J connectivity index is 1.49. The highest BCUT2D eigenvalue weighted by molar-refractivity contribution is 6.05. The zero-order valence-electron chi connectivity index (χ0n) is 14.4. The summed E-state index contributed by atoms with van der Waals surface area (Å²) in [6.07, 6.45) is -0.286. The molecule has 136 valence electrons. The fourth-order valence-corrected chi connectivity index (χ4v) is 3.05. The van der Waals surface area contributed by atoms with Gasteiger partial charge in [-0.25, -0.2) is 4.68 Å².